The minimum absolute atomic E-state index is 0.142. The van der Waals surface area contributed by atoms with E-state index in [2.05, 4.69) is 16.6 Å². The van der Waals surface area contributed by atoms with Gasteiger partial charge in [0, 0.05) is 24.3 Å². The van der Waals surface area contributed by atoms with Crippen molar-refractivity contribution >= 4 is 17.6 Å². The Labute approximate surface area is 105 Å². The van der Waals surface area contributed by atoms with Gasteiger partial charge in [-0.15, -0.1) is 6.42 Å². The fraction of sp³-hybridized carbons (Fsp3) is 0.231. The van der Waals surface area contributed by atoms with E-state index < -0.39 is 0 Å². The van der Waals surface area contributed by atoms with Crippen LogP contribution in [-0.2, 0) is 0 Å². The van der Waals surface area contributed by atoms with Crippen LogP contribution in [-0.4, -0.2) is 31.6 Å². The first-order chi connectivity index (χ1) is 8.72. The maximum Gasteiger partial charge on any atom is 0.321 e. The Morgan fingerprint density at radius 1 is 1.56 bits per heavy atom. The Morgan fingerprint density at radius 2 is 2.39 bits per heavy atom. The van der Waals surface area contributed by atoms with Crippen LogP contribution in [0.3, 0.4) is 0 Å². The molecule has 0 bridgehead atoms. The molecule has 1 saturated heterocycles. The predicted molar refractivity (Wildman–Crippen MR) is 68.4 cm³/mol. The molecule has 0 spiro atoms. The third-order valence-corrected chi connectivity index (χ3v) is 2.63. The number of rotatable bonds is 3. The molecular weight excluding hydrogens is 230 g/mol. The van der Waals surface area contributed by atoms with E-state index in [0.717, 1.165) is 0 Å². The molecular formula is C13H13N3O2. The Balaban J connectivity index is 2.17. The number of carbonyl (C=O) groups is 2. The number of benzene rings is 1. The van der Waals surface area contributed by atoms with Gasteiger partial charge in [0.2, 0.25) is 0 Å². The molecule has 2 N–H and O–H groups in total. The Hall–Kier alpha value is -2.48. The number of amides is 3. The van der Waals surface area contributed by atoms with Gasteiger partial charge in [0.15, 0.2) is 0 Å². The molecule has 0 atom stereocenters. The molecule has 1 aromatic carbocycles. The summed E-state index contributed by atoms with van der Waals surface area (Å²) in [5.74, 6) is 2.10. The molecule has 1 aliphatic rings. The summed E-state index contributed by atoms with van der Waals surface area (Å²) >= 11 is 0. The quantitative estimate of drug-likeness (QED) is 0.763. The van der Waals surface area contributed by atoms with E-state index in [9.17, 15) is 9.59 Å². The van der Waals surface area contributed by atoms with Crippen LogP contribution in [0.4, 0.5) is 10.5 Å². The minimum atomic E-state index is -0.241. The first-order valence-corrected chi connectivity index (χ1v) is 5.59. The summed E-state index contributed by atoms with van der Waals surface area (Å²) in [5, 5.41) is 5.29. The molecule has 1 aromatic rings. The number of hydrogen-bond acceptors (Lipinski definition) is 2. The van der Waals surface area contributed by atoms with Gasteiger partial charge in [-0.05, 0) is 18.2 Å². The third kappa shape index (κ3) is 2.43. The van der Waals surface area contributed by atoms with Gasteiger partial charge in [0.1, 0.15) is 0 Å². The zero-order chi connectivity index (χ0) is 13.0. The number of anilines is 1. The first kappa shape index (κ1) is 12.0. The van der Waals surface area contributed by atoms with Gasteiger partial charge < -0.3 is 10.6 Å². The van der Waals surface area contributed by atoms with Crippen molar-refractivity contribution in [3.63, 3.8) is 0 Å². The second-order valence-electron chi connectivity index (χ2n) is 3.82. The highest BCUT2D eigenvalue weighted by molar-refractivity contribution is 5.98. The van der Waals surface area contributed by atoms with Crippen LogP contribution in [0, 0.1) is 12.3 Å². The number of carbonyl (C=O) groups excluding carboxylic acids is 2. The number of nitrogens with one attached hydrogen (secondary N) is 2. The predicted octanol–water partition coefficient (Wildman–Crippen LogP) is 0.579. The molecule has 0 radical (unpaired) electrons. The average molecular weight is 243 g/mol. The fourth-order valence-electron chi connectivity index (χ4n) is 1.77. The Morgan fingerprint density at radius 3 is 3.06 bits per heavy atom. The topological polar surface area (TPSA) is 61.4 Å². The molecule has 0 unspecified atom stereocenters. The van der Waals surface area contributed by atoms with Crippen LogP contribution >= 0.6 is 0 Å². The van der Waals surface area contributed by atoms with Crippen molar-refractivity contribution in [2.75, 3.05) is 24.5 Å². The molecule has 5 heteroatoms. The molecule has 5 nitrogen and oxygen atoms in total. The highest BCUT2D eigenvalue weighted by Gasteiger charge is 2.21. The van der Waals surface area contributed by atoms with Crippen molar-refractivity contribution in [1.29, 1.82) is 0 Å². The van der Waals surface area contributed by atoms with Crippen molar-refractivity contribution < 1.29 is 9.59 Å². The Bertz CT molecular complexity index is 519. The lowest BCUT2D eigenvalue weighted by atomic mass is 10.2. The van der Waals surface area contributed by atoms with Crippen molar-refractivity contribution in [3.8, 4) is 12.3 Å². The van der Waals surface area contributed by atoms with E-state index in [0.29, 0.717) is 24.3 Å². The molecule has 0 aliphatic carbocycles. The van der Waals surface area contributed by atoms with Crippen molar-refractivity contribution in [2.24, 2.45) is 0 Å². The second-order valence-corrected chi connectivity index (χ2v) is 3.82. The van der Waals surface area contributed by atoms with E-state index in [1.807, 2.05) is 0 Å². The van der Waals surface area contributed by atoms with Gasteiger partial charge >= 0.3 is 6.03 Å². The Kier molecular flexibility index (Phi) is 3.49. The number of terminal acetylenes is 1. The van der Waals surface area contributed by atoms with E-state index in [4.69, 9.17) is 6.42 Å². The molecule has 18 heavy (non-hydrogen) atoms. The first-order valence-electron chi connectivity index (χ1n) is 5.59. The van der Waals surface area contributed by atoms with E-state index in [1.165, 1.54) is 0 Å². The minimum Gasteiger partial charge on any atom is -0.341 e. The molecule has 1 aliphatic heterocycles. The molecule has 1 heterocycles. The lowest BCUT2D eigenvalue weighted by molar-refractivity contribution is 0.0958. The smallest absolute Gasteiger partial charge is 0.321 e. The molecule has 2 rings (SSSR count). The summed E-state index contributed by atoms with van der Waals surface area (Å²) in [5.41, 5.74) is 1.20. The number of urea groups is 1. The van der Waals surface area contributed by atoms with Crippen LogP contribution in [0.25, 0.3) is 0 Å². The van der Waals surface area contributed by atoms with E-state index in [-0.39, 0.29) is 18.5 Å². The normalized spacial score (nSPS) is 13.9. The summed E-state index contributed by atoms with van der Waals surface area (Å²) < 4.78 is 0. The van der Waals surface area contributed by atoms with Crippen LogP contribution in [0.2, 0.25) is 0 Å². The highest BCUT2D eigenvalue weighted by atomic mass is 16.2. The van der Waals surface area contributed by atoms with Gasteiger partial charge in [-0.2, -0.15) is 0 Å². The van der Waals surface area contributed by atoms with Crippen LogP contribution in [0.5, 0.6) is 0 Å². The zero-order valence-corrected chi connectivity index (χ0v) is 9.77. The second kappa shape index (κ2) is 5.23. The highest BCUT2D eigenvalue weighted by Crippen LogP contribution is 2.18. The molecule has 0 aromatic heterocycles. The zero-order valence-electron chi connectivity index (χ0n) is 9.77. The SMILES string of the molecule is C#CCNC(=O)c1cccc(N2CCNC2=O)c1. The number of nitrogens with zero attached hydrogens (tertiary/aromatic N) is 1. The third-order valence-electron chi connectivity index (χ3n) is 2.63. The molecule has 0 saturated carbocycles. The van der Waals surface area contributed by atoms with Gasteiger partial charge in [-0.3, -0.25) is 9.69 Å². The van der Waals surface area contributed by atoms with Gasteiger partial charge in [0.25, 0.3) is 5.91 Å². The van der Waals surface area contributed by atoms with Crippen molar-refractivity contribution in [3.05, 3.63) is 29.8 Å². The maximum atomic E-state index is 11.7. The van der Waals surface area contributed by atoms with Gasteiger partial charge in [-0.25, -0.2) is 4.79 Å². The van der Waals surface area contributed by atoms with E-state index >= 15 is 0 Å². The summed E-state index contributed by atoms with van der Waals surface area (Å²) in [6, 6.07) is 6.76. The molecule has 92 valence electrons. The van der Waals surface area contributed by atoms with Gasteiger partial charge in [0.05, 0.1) is 6.54 Å². The molecule has 3 amide bonds. The van der Waals surface area contributed by atoms with Crippen molar-refractivity contribution in [1.82, 2.24) is 10.6 Å². The maximum absolute atomic E-state index is 11.7. The summed E-state index contributed by atoms with van der Waals surface area (Å²) in [6.45, 7) is 1.41. The fourth-order valence-corrected chi connectivity index (χ4v) is 1.77. The summed E-state index contributed by atoms with van der Waals surface area (Å²) in [7, 11) is 0. The summed E-state index contributed by atoms with van der Waals surface area (Å²) in [6.07, 6.45) is 5.08. The molecule has 1 fully saturated rings. The van der Waals surface area contributed by atoms with Crippen LogP contribution < -0.4 is 15.5 Å². The van der Waals surface area contributed by atoms with Crippen molar-refractivity contribution in [2.45, 2.75) is 0 Å². The number of hydrogen-bond donors (Lipinski definition) is 2. The monoisotopic (exact) mass is 243 g/mol. The summed E-state index contributed by atoms with van der Waals surface area (Å²) in [4.78, 5) is 24.8. The van der Waals surface area contributed by atoms with Gasteiger partial charge in [-0.1, -0.05) is 12.0 Å². The van der Waals surface area contributed by atoms with Crippen LogP contribution in [0.1, 0.15) is 10.4 Å². The lowest BCUT2D eigenvalue weighted by Gasteiger charge is -2.14. The largest absolute Gasteiger partial charge is 0.341 e. The standard InChI is InChI=1S/C13H13N3O2/c1-2-6-14-12(17)10-4-3-5-11(9-10)16-8-7-15-13(16)18/h1,3-5,9H,6-8H2,(H,14,17)(H,15,18). The average Bonchev–Trinajstić information content (AvgIpc) is 2.82. The van der Waals surface area contributed by atoms with E-state index in [1.54, 1.807) is 29.2 Å². The lowest BCUT2D eigenvalue weighted by Crippen LogP contribution is -2.28. The van der Waals surface area contributed by atoms with Crippen LogP contribution in [0.15, 0.2) is 24.3 Å².